The van der Waals surface area contributed by atoms with Gasteiger partial charge in [-0.2, -0.15) is 0 Å². The Hall–Kier alpha value is -3.37. The molecule has 1 aliphatic rings. The van der Waals surface area contributed by atoms with Crippen molar-refractivity contribution in [1.82, 2.24) is 9.88 Å². The van der Waals surface area contributed by atoms with Crippen LogP contribution in [0.3, 0.4) is 0 Å². The minimum Gasteiger partial charge on any atom is -0.497 e. The molecule has 1 atom stereocenters. The molecule has 0 radical (unpaired) electrons. The Labute approximate surface area is 238 Å². The van der Waals surface area contributed by atoms with Crippen LogP contribution >= 0.6 is 0 Å². The lowest BCUT2D eigenvalue weighted by Gasteiger charge is -2.42. The number of aliphatic hydroxyl groups is 1. The number of carboxylic acids is 1. The molecule has 2 heterocycles. The lowest BCUT2D eigenvalue weighted by atomic mass is 9.71. The van der Waals surface area contributed by atoms with E-state index < -0.39 is 34.9 Å². The molecule has 0 aliphatic carbocycles. The van der Waals surface area contributed by atoms with Crippen molar-refractivity contribution in [3.8, 4) is 5.75 Å². The molecule has 4 rings (SSSR count). The summed E-state index contributed by atoms with van der Waals surface area (Å²) < 4.78 is 46.4. The smallest absolute Gasteiger partial charge is 0.303 e. The highest BCUT2D eigenvalue weighted by Crippen LogP contribution is 2.43. The van der Waals surface area contributed by atoms with Crippen molar-refractivity contribution in [3.05, 3.63) is 65.1 Å². The first-order valence-corrected chi connectivity index (χ1v) is 13.9. The summed E-state index contributed by atoms with van der Waals surface area (Å²) in [5.74, 6) is -3.21. The number of ether oxygens (including phenoxy) is 1. The number of aliphatic hydroxyl groups excluding tert-OH is 1. The van der Waals surface area contributed by atoms with Crippen LogP contribution in [-0.2, 0) is 11.2 Å². The number of hydrogen-bond acceptors (Lipinski definition) is 6. The zero-order valence-corrected chi connectivity index (χ0v) is 23.8. The predicted octanol–water partition coefficient (Wildman–Crippen LogP) is 5.73. The van der Waals surface area contributed by atoms with Crippen molar-refractivity contribution in [2.75, 3.05) is 45.7 Å². The first-order valence-electron chi connectivity index (χ1n) is 13.9. The number of piperidine rings is 1. The topological polar surface area (TPSA) is 86.1 Å². The number of hydrogen-bond donors (Lipinski definition) is 2. The van der Waals surface area contributed by atoms with E-state index in [1.54, 1.807) is 13.3 Å². The van der Waals surface area contributed by atoms with Gasteiger partial charge in [0.2, 0.25) is 0 Å². The van der Waals surface area contributed by atoms with E-state index in [0.29, 0.717) is 63.6 Å². The second-order valence-electron chi connectivity index (χ2n) is 11.3. The van der Waals surface area contributed by atoms with Gasteiger partial charge >= 0.3 is 5.97 Å². The standard InChI is InChI=1S/C31H38F3N3O4/c1-36(2)26-19-35-25-7-6-22(41-3)17-23(25)29(26)27(38)8-9-31(18-28(39)40)10-13-37(14-11-31)12-4-5-20-15-21(32)16-24(33)30(20)34/h6-7,15-17,19,27,38H,4-5,8-14,18H2,1-3H3,(H,39,40)/t27-/m1/s1. The van der Waals surface area contributed by atoms with Gasteiger partial charge in [0.25, 0.3) is 0 Å². The fourth-order valence-corrected chi connectivity index (χ4v) is 5.97. The largest absolute Gasteiger partial charge is 0.497 e. The number of anilines is 1. The van der Waals surface area contributed by atoms with Gasteiger partial charge in [-0.25, -0.2) is 13.2 Å². The average molecular weight is 574 g/mol. The minimum absolute atomic E-state index is 0.00674. The number of aliphatic carboxylic acids is 1. The Kier molecular flexibility index (Phi) is 9.76. The van der Waals surface area contributed by atoms with Gasteiger partial charge in [0.05, 0.1) is 37.0 Å². The van der Waals surface area contributed by atoms with Crippen molar-refractivity contribution < 1.29 is 32.9 Å². The number of fused-ring (bicyclic) bond motifs is 1. The van der Waals surface area contributed by atoms with E-state index in [4.69, 9.17) is 4.74 Å². The minimum atomic E-state index is -1.18. The number of carboxylic acid groups (broad SMARTS) is 1. The Bertz CT molecular complexity index is 1380. The van der Waals surface area contributed by atoms with Crippen LogP contribution in [-0.4, -0.2) is 66.9 Å². The second-order valence-corrected chi connectivity index (χ2v) is 11.3. The van der Waals surface area contributed by atoms with E-state index in [1.807, 2.05) is 37.2 Å². The monoisotopic (exact) mass is 573 g/mol. The molecule has 2 N–H and O–H groups in total. The Balaban J connectivity index is 1.43. The third-order valence-corrected chi connectivity index (χ3v) is 8.29. The molecule has 1 saturated heterocycles. The second kappa shape index (κ2) is 13.1. The third kappa shape index (κ3) is 7.29. The van der Waals surface area contributed by atoms with Gasteiger partial charge < -0.3 is 24.7 Å². The molecule has 1 fully saturated rings. The van der Waals surface area contributed by atoms with E-state index in [-0.39, 0.29) is 18.4 Å². The van der Waals surface area contributed by atoms with Crippen molar-refractivity contribution in [1.29, 1.82) is 0 Å². The molecule has 0 saturated carbocycles. The highest BCUT2D eigenvalue weighted by atomic mass is 19.2. The number of likely N-dealkylation sites (tertiary alicyclic amines) is 1. The van der Waals surface area contributed by atoms with Gasteiger partial charge in [-0.1, -0.05) is 0 Å². The molecule has 1 aliphatic heterocycles. The Morgan fingerprint density at radius 2 is 1.90 bits per heavy atom. The van der Waals surface area contributed by atoms with Gasteiger partial charge in [-0.15, -0.1) is 0 Å². The van der Waals surface area contributed by atoms with E-state index >= 15 is 0 Å². The third-order valence-electron chi connectivity index (χ3n) is 8.29. The first kappa shape index (κ1) is 30.6. The zero-order chi connectivity index (χ0) is 29.7. The maximum absolute atomic E-state index is 14.0. The van der Waals surface area contributed by atoms with E-state index in [2.05, 4.69) is 9.88 Å². The molecule has 222 valence electrons. The molecule has 10 heteroatoms. The lowest BCUT2D eigenvalue weighted by molar-refractivity contribution is -0.141. The summed E-state index contributed by atoms with van der Waals surface area (Å²) in [5.41, 5.74) is 1.81. The number of rotatable bonds is 12. The van der Waals surface area contributed by atoms with E-state index in [1.165, 1.54) is 0 Å². The molecule has 1 aromatic heterocycles. The number of aryl methyl sites for hydroxylation is 1. The average Bonchev–Trinajstić information content (AvgIpc) is 2.94. The van der Waals surface area contributed by atoms with Crippen LogP contribution in [0.2, 0.25) is 0 Å². The molecular weight excluding hydrogens is 535 g/mol. The molecule has 0 unspecified atom stereocenters. The van der Waals surface area contributed by atoms with Crippen LogP contribution in [0.1, 0.15) is 55.8 Å². The summed E-state index contributed by atoms with van der Waals surface area (Å²) in [6.07, 6.45) is 3.84. The fraction of sp³-hybridized carbons (Fsp3) is 0.484. The maximum Gasteiger partial charge on any atom is 0.303 e. The number of nitrogens with zero attached hydrogens (tertiary/aromatic N) is 3. The number of methoxy groups -OCH3 is 1. The molecule has 41 heavy (non-hydrogen) atoms. The summed E-state index contributed by atoms with van der Waals surface area (Å²) in [6.45, 7) is 1.92. The molecule has 0 bridgehead atoms. The van der Waals surface area contributed by atoms with Gasteiger partial charge in [-0.05, 0) is 93.4 Å². The Morgan fingerprint density at radius 1 is 1.17 bits per heavy atom. The molecule has 0 spiro atoms. The van der Waals surface area contributed by atoms with Gasteiger partial charge in [0.15, 0.2) is 11.6 Å². The van der Waals surface area contributed by atoms with Crippen LogP contribution in [0.5, 0.6) is 5.75 Å². The summed E-state index contributed by atoms with van der Waals surface area (Å²) in [4.78, 5) is 20.5. The number of carbonyl (C=O) groups is 1. The van der Waals surface area contributed by atoms with Crippen LogP contribution in [0.25, 0.3) is 10.9 Å². The van der Waals surface area contributed by atoms with Crippen molar-refractivity contribution in [2.45, 2.75) is 51.0 Å². The van der Waals surface area contributed by atoms with Gasteiger partial charge in [0.1, 0.15) is 11.6 Å². The molecular formula is C31H38F3N3O4. The normalized spacial score (nSPS) is 16.1. The number of aromatic nitrogens is 1. The van der Waals surface area contributed by atoms with Crippen LogP contribution in [0, 0.1) is 22.9 Å². The number of benzene rings is 2. The van der Waals surface area contributed by atoms with Gasteiger partial charge in [-0.3, -0.25) is 9.78 Å². The van der Waals surface area contributed by atoms with Gasteiger partial charge in [0, 0.05) is 31.1 Å². The van der Waals surface area contributed by atoms with Crippen molar-refractivity contribution in [2.24, 2.45) is 5.41 Å². The summed E-state index contributed by atoms with van der Waals surface area (Å²) in [7, 11) is 5.36. The van der Waals surface area contributed by atoms with Crippen LogP contribution in [0.15, 0.2) is 36.5 Å². The number of pyridine rings is 1. The van der Waals surface area contributed by atoms with Crippen molar-refractivity contribution in [3.63, 3.8) is 0 Å². The number of halogens is 3. The van der Waals surface area contributed by atoms with Crippen LogP contribution < -0.4 is 9.64 Å². The quantitative estimate of drug-likeness (QED) is 0.268. The molecule has 2 aromatic carbocycles. The molecule has 7 nitrogen and oxygen atoms in total. The summed E-state index contributed by atoms with van der Waals surface area (Å²) in [5, 5.41) is 22.0. The predicted molar refractivity (Wildman–Crippen MR) is 152 cm³/mol. The van der Waals surface area contributed by atoms with E-state index in [9.17, 15) is 28.2 Å². The lowest BCUT2D eigenvalue weighted by Crippen LogP contribution is -2.41. The summed E-state index contributed by atoms with van der Waals surface area (Å²) in [6, 6.07) is 7.11. The van der Waals surface area contributed by atoms with Crippen molar-refractivity contribution >= 4 is 22.6 Å². The SMILES string of the molecule is COc1ccc2ncc(N(C)C)c([C@H](O)CCC3(CC(=O)O)CCN(CCCc4cc(F)cc(F)c4F)CC3)c2c1. The van der Waals surface area contributed by atoms with E-state index in [0.717, 1.165) is 28.2 Å². The highest BCUT2D eigenvalue weighted by molar-refractivity contribution is 5.88. The molecule has 0 amide bonds. The maximum atomic E-state index is 14.0. The van der Waals surface area contributed by atoms with Crippen LogP contribution in [0.4, 0.5) is 18.9 Å². The zero-order valence-electron chi connectivity index (χ0n) is 23.8. The Morgan fingerprint density at radius 3 is 2.56 bits per heavy atom. The summed E-state index contributed by atoms with van der Waals surface area (Å²) >= 11 is 0. The fourth-order valence-electron chi connectivity index (χ4n) is 5.97. The molecule has 3 aromatic rings. The first-order chi connectivity index (χ1) is 19.5. The highest BCUT2D eigenvalue weighted by Gasteiger charge is 2.37.